The second kappa shape index (κ2) is 7.69. The molecule has 5 rings (SSSR count). The zero-order chi connectivity index (χ0) is 21.1. The number of hydrogen-bond acceptors (Lipinski definition) is 0. The Hall–Kier alpha value is -0.110. The van der Waals surface area contributed by atoms with Crippen LogP contribution in [0.15, 0.2) is 72.4 Å². The maximum absolute atomic E-state index is 2.75. The van der Waals surface area contributed by atoms with E-state index in [0.717, 1.165) is 0 Å². The number of halogens is 2. The molecule has 2 fully saturated rings. The van der Waals surface area contributed by atoms with Gasteiger partial charge in [0.25, 0.3) is 0 Å². The van der Waals surface area contributed by atoms with Gasteiger partial charge in [-0.25, -0.2) is 0 Å². The van der Waals surface area contributed by atoms with Gasteiger partial charge in [-0.2, -0.15) is 0 Å². The van der Waals surface area contributed by atoms with Gasteiger partial charge < -0.3 is 31.2 Å². The zero-order valence-electron chi connectivity index (χ0n) is 20.8. The second-order valence-corrected chi connectivity index (χ2v) is 11.7. The van der Waals surface area contributed by atoms with Crippen molar-refractivity contribution in [2.75, 3.05) is 0 Å². The fourth-order valence-corrected chi connectivity index (χ4v) is 9.24. The van der Waals surface area contributed by atoms with Gasteiger partial charge in [-0.15, -0.1) is 17.4 Å². The van der Waals surface area contributed by atoms with Crippen molar-refractivity contribution in [3.8, 4) is 0 Å². The Labute approximate surface area is 227 Å². The van der Waals surface area contributed by atoms with Crippen molar-refractivity contribution in [3.05, 3.63) is 78.8 Å². The van der Waals surface area contributed by atoms with Gasteiger partial charge >= 0.3 is 0 Å². The van der Waals surface area contributed by atoms with Crippen molar-refractivity contribution in [3.63, 3.8) is 0 Å². The largest absolute Gasteiger partial charge is 1.00 e. The summed E-state index contributed by atoms with van der Waals surface area (Å²) in [6.45, 7) is 20.3. The molecule has 0 saturated heterocycles. The predicted octanol–water partition coefficient (Wildman–Crippen LogP) is 1.65. The quantitative estimate of drug-likeness (QED) is 0.281. The van der Waals surface area contributed by atoms with Crippen LogP contribution >= 0.6 is 0 Å². The summed E-state index contributed by atoms with van der Waals surface area (Å²) < 4.78 is 0. The van der Waals surface area contributed by atoms with E-state index in [4.69, 9.17) is 0 Å². The molecule has 2 saturated carbocycles. The monoisotopic (exact) mass is 635 g/mol. The fourth-order valence-electron chi connectivity index (χ4n) is 9.24. The van der Waals surface area contributed by atoms with Crippen molar-refractivity contribution < 1.29 is 50.7 Å². The summed E-state index contributed by atoms with van der Waals surface area (Å²) >= 11 is 0. The summed E-state index contributed by atoms with van der Waals surface area (Å²) in [5.41, 5.74) is 1.73. The molecule has 0 amide bonds. The molecule has 0 aromatic carbocycles. The van der Waals surface area contributed by atoms with Gasteiger partial charge in [-0.1, -0.05) is 115 Å². The summed E-state index contributed by atoms with van der Waals surface area (Å²) in [7, 11) is 0. The van der Waals surface area contributed by atoms with Crippen LogP contribution in [-0.4, -0.2) is 0 Å². The molecule has 0 nitrogen and oxygen atoms in total. The molecule has 3 heteroatoms. The molecule has 0 spiro atoms. The van der Waals surface area contributed by atoms with Crippen LogP contribution in [-0.2, 0) is 25.8 Å². The third-order valence-corrected chi connectivity index (χ3v) is 12.0. The summed E-state index contributed by atoms with van der Waals surface area (Å²) in [5.74, 6) is 0.460. The van der Waals surface area contributed by atoms with E-state index < -0.39 is 0 Å². The van der Waals surface area contributed by atoms with Crippen molar-refractivity contribution in [2.45, 2.75) is 55.4 Å². The molecule has 0 aliphatic heterocycles. The van der Waals surface area contributed by atoms with Crippen LogP contribution in [0.4, 0.5) is 0 Å². The van der Waals surface area contributed by atoms with E-state index in [1.165, 1.54) is 5.57 Å². The minimum Gasteiger partial charge on any atom is -1.00 e. The van der Waals surface area contributed by atoms with Gasteiger partial charge in [0.1, 0.15) is 0 Å². The Bertz CT molecular complexity index is 987. The fraction of sp³-hybridized carbons (Fsp3) is 0.552. The van der Waals surface area contributed by atoms with Crippen molar-refractivity contribution in [1.29, 1.82) is 0 Å². The van der Waals surface area contributed by atoms with Crippen LogP contribution in [0, 0.1) is 50.2 Å². The van der Waals surface area contributed by atoms with Crippen molar-refractivity contribution >= 4 is 0 Å². The third-order valence-electron chi connectivity index (χ3n) is 12.0. The van der Waals surface area contributed by atoms with Crippen LogP contribution in [0.25, 0.3) is 0 Å². The molecule has 174 valence electrons. The van der Waals surface area contributed by atoms with E-state index in [-0.39, 0.29) is 88.6 Å². The maximum Gasteiger partial charge on any atom is 0.00455 e. The summed E-state index contributed by atoms with van der Waals surface area (Å²) in [5, 5.41) is 0. The smallest absolute Gasteiger partial charge is 0.00455 e. The summed E-state index contributed by atoms with van der Waals surface area (Å²) in [6, 6.07) is 0. The van der Waals surface area contributed by atoms with Gasteiger partial charge in [-0.3, -0.25) is 0 Å². The zero-order valence-corrected chi connectivity index (χ0v) is 25.9. The average molecular weight is 635 g/mol. The predicted molar refractivity (Wildman–Crippen MR) is 124 cm³/mol. The number of fused-ring (bicyclic) bond motifs is 8. The Morgan fingerprint density at radius 3 is 1.62 bits per heavy atom. The topological polar surface area (TPSA) is 0 Å². The summed E-state index contributed by atoms with van der Waals surface area (Å²) in [4.78, 5) is 0. The molecular weight excluding hydrogens is 598 g/mol. The average Bonchev–Trinajstić information content (AvgIpc) is 2.87. The van der Waals surface area contributed by atoms with Crippen LogP contribution < -0.4 is 24.8 Å². The molecule has 8 unspecified atom stereocenters. The minimum atomic E-state index is 0. The van der Waals surface area contributed by atoms with E-state index in [9.17, 15) is 0 Å². The molecule has 8 atom stereocenters. The van der Waals surface area contributed by atoms with Gasteiger partial charge in [0.2, 0.25) is 0 Å². The Balaban J connectivity index is 0.00000121. The first-order valence-electron chi connectivity index (χ1n) is 11.4. The number of hydrogen-bond donors (Lipinski definition) is 0. The Morgan fingerprint density at radius 1 is 0.656 bits per heavy atom. The SMILES string of the molecule is CC1=CC=CC2[CH-]C3(C)C4(C)C=CC=CC4(C)C4(C)C=CC=CC4(C)C3(C)C12C.[Cl-].[Cl-].[Hf]. The van der Waals surface area contributed by atoms with Gasteiger partial charge in [-0.05, 0) is 28.6 Å². The first-order chi connectivity index (χ1) is 13.4. The molecule has 32 heavy (non-hydrogen) atoms. The minimum absolute atomic E-state index is 0. The van der Waals surface area contributed by atoms with E-state index in [2.05, 4.69) is 129 Å². The van der Waals surface area contributed by atoms with Crippen LogP contribution in [0.3, 0.4) is 0 Å². The molecule has 0 heterocycles. The van der Waals surface area contributed by atoms with Crippen LogP contribution in [0.1, 0.15) is 55.4 Å². The van der Waals surface area contributed by atoms with Crippen molar-refractivity contribution in [2.24, 2.45) is 43.8 Å². The number of rotatable bonds is 0. The molecule has 5 aliphatic carbocycles. The molecule has 0 aromatic rings. The van der Waals surface area contributed by atoms with Gasteiger partial charge in [0, 0.05) is 36.7 Å². The summed E-state index contributed by atoms with van der Waals surface area (Å²) in [6.07, 6.45) is 29.3. The molecular formula is C29H37Cl2Hf-3. The normalized spacial score (nSPS) is 53.5. The Kier molecular flexibility index (Phi) is 6.76. The van der Waals surface area contributed by atoms with Crippen LogP contribution in [0.5, 0.6) is 0 Å². The molecule has 0 aromatic heterocycles. The van der Waals surface area contributed by atoms with Crippen LogP contribution in [0.2, 0.25) is 0 Å². The number of allylic oxidation sites excluding steroid dienone is 12. The first kappa shape index (κ1) is 28.1. The van der Waals surface area contributed by atoms with E-state index >= 15 is 0 Å². The molecule has 0 N–H and O–H groups in total. The third kappa shape index (κ3) is 2.31. The molecule has 0 bridgehead atoms. The van der Waals surface area contributed by atoms with E-state index in [1.54, 1.807) is 0 Å². The Morgan fingerprint density at radius 2 is 1.09 bits per heavy atom. The maximum atomic E-state index is 2.75. The second-order valence-electron chi connectivity index (χ2n) is 11.7. The van der Waals surface area contributed by atoms with E-state index in [1.807, 2.05) is 0 Å². The van der Waals surface area contributed by atoms with Crippen molar-refractivity contribution in [1.82, 2.24) is 0 Å². The standard InChI is InChI=1S/C29H37.2ClH.Hf/c1-21-14-13-15-22-20-27(6)25(4)18-10-9-16-23(25,2)24(3)17-11-12-19-26(24,5)29(27,8)28(21,22)7;;;/h9-20,22H,1-8H3;2*1H;/q-1;;;/p-2. The molecule has 5 aliphatic rings. The molecule has 0 radical (unpaired) electrons. The first-order valence-corrected chi connectivity index (χ1v) is 11.4. The van der Waals surface area contributed by atoms with E-state index in [0.29, 0.717) is 5.92 Å². The van der Waals surface area contributed by atoms with Gasteiger partial charge in [0.15, 0.2) is 0 Å². The van der Waals surface area contributed by atoms with Gasteiger partial charge in [0.05, 0.1) is 0 Å².